The van der Waals surface area contributed by atoms with Crippen molar-refractivity contribution in [3.8, 4) is 11.1 Å². The van der Waals surface area contributed by atoms with E-state index in [1.807, 2.05) is 68.6 Å². The van der Waals surface area contributed by atoms with Gasteiger partial charge in [0.05, 0.1) is 0 Å². The molecule has 1 amide bonds. The van der Waals surface area contributed by atoms with E-state index in [1.54, 1.807) is 4.90 Å². The summed E-state index contributed by atoms with van der Waals surface area (Å²) >= 11 is 0. The molecule has 2 heteroatoms. The fourth-order valence-electron chi connectivity index (χ4n) is 1.89. The summed E-state index contributed by atoms with van der Waals surface area (Å²) in [5.74, 6) is 0.0666. The Hall–Kier alpha value is -2.09. The molecule has 0 atom stereocenters. The van der Waals surface area contributed by atoms with Crippen LogP contribution in [0.25, 0.3) is 11.1 Å². The Labute approximate surface area is 108 Å². The first-order valence-corrected chi connectivity index (χ1v) is 6.14. The van der Waals surface area contributed by atoms with Crippen LogP contribution in [0.5, 0.6) is 0 Å². The number of amides is 1. The van der Waals surface area contributed by atoms with Crippen molar-refractivity contribution in [2.45, 2.75) is 6.92 Å². The smallest absolute Gasteiger partial charge is 0.254 e. The van der Waals surface area contributed by atoms with Gasteiger partial charge < -0.3 is 4.90 Å². The second-order valence-corrected chi connectivity index (χ2v) is 4.23. The summed E-state index contributed by atoms with van der Waals surface area (Å²) in [7, 11) is 1.82. The summed E-state index contributed by atoms with van der Waals surface area (Å²) in [6, 6.07) is 17.7. The van der Waals surface area contributed by atoms with Crippen molar-refractivity contribution >= 4 is 5.91 Å². The van der Waals surface area contributed by atoms with Gasteiger partial charge in [0.2, 0.25) is 0 Å². The molecule has 0 radical (unpaired) electrons. The third-order valence-electron chi connectivity index (χ3n) is 3.06. The molecule has 0 spiro atoms. The normalized spacial score (nSPS) is 10.1. The Kier molecular flexibility index (Phi) is 3.78. The molecule has 0 fully saturated rings. The average molecular weight is 239 g/mol. The lowest BCUT2D eigenvalue weighted by atomic mass is 9.99. The predicted molar refractivity (Wildman–Crippen MR) is 74.5 cm³/mol. The molecule has 0 aromatic heterocycles. The highest BCUT2D eigenvalue weighted by Gasteiger charge is 2.14. The Morgan fingerprint density at radius 1 is 1.00 bits per heavy atom. The van der Waals surface area contributed by atoms with E-state index in [9.17, 15) is 4.79 Å². The molecule has 0 aliphatic heterocycles. The van der Waals surface area contributed by atoms with E-state index >= 15 is 0 Å². The quantitative estimate of drug-likeness (QED) is 0.803. The molecule has 0 aliphatic rings. The first-order valence-electron chi connectivity index (χ1n) is 6.14. The molecule has 0 saturated heterocycles. The minimum absolute atomic E-state index is 0.0666. The molecule has 0 unspecified atom stereocenters. The number of benzene rings is 2. The standard InChI is InChI=1S/C16H17NO/c1-3-17(2)16(18)15-12-8-7-11-14(15)13-9-5-4-6-10-13/h4-12H,3H2,1-2H3. The highest BCUT2D eigenvalue weighted by atomic mass is 16.2. The number of nitrogens with zero attached hydrogens (tertiary/aromatic N) is 1. The van der Waals surface area contributed by atoms with Crippen LogP contribution < -0.4 is 0 Å². The molecule has 2 aromatic carbocycles. The van der Waals surface area contributed by atoms with Gasteiger partial charge in [-0.1, -0.05) is 48.5 Å². The maximum absolute atomic E-state index is 12.3. The number of carbonyl (C=O) groups is 1. The molecule has 92 valence electrons. The molecule has 0 aliphatic carbocycles. The SMILES string of the molecule is CCN(C)C(=O)c1ccccc1-c1ccccc1. The van der Waals surface area contributed by atoms with Gasteiger partial charge in [-0.2, -0.15) is 0 Å². The maximum atomic E-state index is 12.3. The lowest BCUT2D eigenvalue weighted by Gasteiger charge is -2.17. The summed E-state index contributed by atoms with van der Waals surface area (Å²) in [4.78, 5) is 14.0. The average Bonchev–Trinajstić information content (AvgIpc) is 2.46. The Bertz CT molecular complexity index is 534. The summed E-state index contributed by atoms with van der Waals surface area (Å²) in [6.45, 7) is 2.69. The van der Waals surface area contributed by atoms with E-state index < -0.39 is 0 Å². The lowest BCUT2D eigenvalue weighted by molar-refractivity contribution is 0.0803. The Balaban J connectivity index is 2.47. The second-order valence-electron chi connectivity index (χ2n) is 4.23. The van der Waals surface area contributed by atoms with Gasteiger partial charge in [-0.05, 0) is 24.1 Å². The van der Waals surface area contributed by atoms with Crippen LogP contribution in [-0.2, 0) is 0 Å². The van der Waals surface area contributed by atoms with Crippen LogP contribution in [0.2, 0.25) is 0 Å². The summed E-state index contributed by atoms with van der Waals surface area (Å²) < 4.78 is 0. The van der Waals surface area contributed by atoms with E-state index in [-0.39, 0.29) is 5.91 Å². The molecule has 2 aromatic rings. The molecule has 0 bridgehead atoms. The largest absolute Gasteiger partial charge is 0.342 e. The van der Waals surface area contributed by atoms with Crippen molar-refractivity contribution in [3.63, 3.8) is 0 Å². The van der Waals surface area contributed by atoms with E-state index in [0.717, 1.165) is 16.7 Å². The van der Waals surface area contributed by atoms with E-state index in [2.05, 4.69) is 0 Å². The van der Waals surface area contributed by atoms with Crippen LogP contribution in [0.4, 0.5) is 0 Å². The van der Waals surface area contributed by atoms with Crippen LogP contribution in [0.3, 0.4) is 0 Å². The van der Waals surface area contributed by atoms with Crippen LogP contribution in [0.1, 0.15) is 17.3 Å². The third kappa shape index (κ3) is 2.43. The van der Waals surface area contributed by atoms with Gasteiger partial charge in [0.1, 0.15) is 0 Å². The van der Waals surface area contributed by atoms with Crippen LogP contribution in [-0.4, -0.2) is 24.4 Å². The molecule has 0 heterocycles. The minimum atomic E-state index is 0.0666. The first-order chi connectivity index (χ1) is 8.74. The van der Waals surface area contributed by atoms with Crippen molar-refractivity contribution < 1.29 is 4.79 Å². The Morgan fingerprint density at radius 2 is 1.61 bits per heavy atom. The predicted octanol–water partition coefficient (Wildman–Crippen LogP) is 3.45. The zero-order valence-electron chi connectivity index (χ0n) is 10.8. The van der Waals surface area contributed by atoms with E-state index in [1.165, 1.54) is 0 Å². The number of carbonyl (C=O) groups excluding carboxylic acids is 1. The van der Waals surface area contributed by atoms with Crippen LogP contribution in [0.15, 0.2) is 54.6 Å². The summed E-state index contributed by atoms with van der Waals surface area (Å²) in [5, 5.41) is 0. The fraction of sp³-hybridized carbons (Fsp3) is 0.188. The summed E-state index contributed by atoms with van der Waals surface area (Å²) in [5.41, 5.74) is 2.82. The van der Waals surface area contributed by atoms with Crippen molar-refractivity contribution in [2.75, 3.05) is 13.6 Å². The van der Waals surface area contributed by atoms with Gasteiger partial charge in [-0.25, -0.2) is 0 Å². The monoisotopic (exact) mass is 239 g/mol. The highest BCUT2D eigenvalue weighted by Crippen LogP contribution is 2.24. The minimum Gasteiger partial charge on any atom is -0.342 e. The topological polar surface area (TPSA) is 20.3 Å². The molecule has 0 N–H and O–H groups in total. The zero-order valence-corrected chi connectivity index (χ0v) is 10.8. The van der Waals surface area contributed by atoms with Gasteiger partial charge in [-0.15, -0.1) is 0 Å². The molecular weight excluding hydrogens is 222 g/mol. The van der Waals surface area contributed by atoms with Gasteiger partial charge in [0.15, 0.2) is 0 Å². The first kappa shape index (κ1) is 12.4. The zero-order chi connectivity index (χ0) is 13.0. The van der Waals surface area contributed by atoms with Crippen molar-refractivity contribution in [3.05, 3.63) is 60.2 Å². The second kappa shape index (κ2) is 5.50. The van der Waals surface area contributed by atoms with Gasteiger partial charge in [-0.3, -0.25) is 4.79 Å². The maximum Gasteiger partial charge on any atom is 0.254 e. The van der Waals surface area contributed by atoms with Crippen molar-refractivity contribution in [1.82, 2.24) is 4.90 Å². The van der Waals surface area contributed by atoms with Crippen molar-refractivity contribution in [1.29, 1.82) is 0 Å². The fourth-order valence-corrected chi connectivity index (χ4v) is 1.89. The lowest BCUT2D eigenvalue weighted by Crippen LogP contribution is -2.26. The van der Waals surface area contributed by atoms with Crippen molar-refractivity contribution in [2.24, 2.45) is 0 Å². The number of hydrogen-bond acceptors (Lipinski definition) is 1. The number of hydrogen-bond donors (Lipinski definition) is 0. The Morgan fingerprint density at radius 3 is 2.28 bits per heavy atom. The van der Waals surface area contributed by atoms with Gasteiger partial charge in [0, 0.05) is 19.2 Å². The van der Waals surface area contributed by atoms with Crippen LogP contribution in [0, 0.1) is 0 Å². The third-order valence-corrected chi connectivity index (χ3v) is 3.06. The molecule has 0 saturated carbocycles. The van der Waals surface area contributed by atoms with Crippen LogP contribution >= 0.6 is 0 Å². The summed E-state index contributed by atoms with van der Waals surface area (Å²) in [6.07, 6.45) is 0. The van der Waals surface area contributed by atoms with Gasteiger partial charge in [0.25, 0.3) is 5.91 Å². The number of rotatable bonds is 3. The van der Waals surface area contributed by atoms with E-state index in [4.69, 9.17) is 0 Å². The molecule has 18 heavy (non-hydrogen) atoms. The van der Waals surface area contributed by atoms with E-state index in [0.29, 0.717) is 6.54 Å². The molecular formula is C16H17NO. The van der Waals surface area contributed by atoms with Gasteiger partial charge >= 0.3 is 0 Å². The highest BCUT2D eigenvalue weighted by molar-refractivity contribution is 6.00. The molecule has 2 nitrogen and oxygen atoms in total. The molecule has 2 rings (SSSR count).